The third kappa shape index (κ3) is 1.30. The molecule has 0 saturated carbocycles. The van der Waals surface area contributed by atoms with Crippen LogP contribution in [0.1, 0.15) is 5.82 Å². The average Bonchev–Trinajstić information content (AvgIpc) is 2.56. The molecule has 0 aromatic carbocycles. The molecule has 0 radical (unpaired) electrons. The molecule has 0 aliphatic carbocycles. The Hall–Kier alpha value is -2.31. The molecule has 7 heteroatoms. The number of aromatic nitrogens is 3. The second kappa shape index (κ2) is 3.21. The summed E-state index contributed by atoms with van der Waals surface area (Å²) in [7, 11) is 0. The first kappa shape index (κ1) is 8.30. The van der Waals surface area contributed by atoms with Gasteiger partial charge < -0.3 is 10.9 Å². The molecule has 0 atom stereocenters. The molecule has 1 aromatic rings. The van der Waals surface area contributed by atoms with Crippen molar-refractivity contribution in [2.45, 2.75) is 0 Å². The summed E-state index contributed by atoms with van der Waals surface area (Å²) in [4.78, 5) is 5.42. The standard InChI is InChI=1S/C7H8N6O/c8-7(11-14)12-2-1-6-9-5-10-13(6)4-3-12/h1-5,14H,(H2,8,11). The van der Waals surface area contributed by atoms with Gasteiger partial charge >= 0.3 is 0 Å². The van der Waals surface area contributed by atoms with Gasteiger partial charge in [0.1, 0.15) is 6.33 Å². The van der Waals surface area contributed by atoms with Crippen LogP contribution in [-0.2, 0) is 0 Å². The smallest absolute Gasteiger partial charge is 0.241 e. The van der Waals surface area contributed by atoms with E-state index in [0.29, 0.717) is 5.82 Å². The Morgan fingerprint density at radius 1 is 1.43 bits per heavy atom. The summed E-state index contributed by atoms with van der Waals surface area (Å²) in [5.41, 5.74) is 5.39. The van der Waals surface area contributed by atoms with E-state index < -0.39 is 0 Å². The van der Waals surface area contributed by atoms with Crippen molar-refractivity contribution in [1.29, 1.82) is 0 Å². The third-order valence-electron chi connectivity index (χ3n) is 1.72. The average molecular weight is 192 g/mol. The Labute approximate surface area is 79.4 Å². The highest BCUT2D eigenvalue weighted by Gasteiger charge is 2.06. The van der Waals surface area contributed by atoms with Gasteiger partial charge in [-0.2, -0.15) is 5.10 Å². The zero-order valence-corrected chi connectivity index (χ0v) is 7.15. The van der Waals surface area contributed by atoms with E-state index in [1.54, 1.807) is 29.4 Å². The Morgan fingerprint density at radius 2 is 2.29 bits per heavy atom. The maximum atomic E-state index is 8.46. The minimum absolute atomic E-state index is 0.0248. The van der Waals surface area contributed by atoms with Crippen LogP contribution < -0.4 is 5.73 Å². The molecular formula is C7H8N6O. The lowest BCUT2D eigenvalue weighted by atomic mass is 10.5. The number of guanidine groups is 1. The number of nitrogens with zero attached hydrogens (tertiary/aromatic N) is 5. The molecule has 2 heterocycles. The van der Waals surface area contributed by atoms with Gasteiger partial charge in [-0.1, -0.05) is 5.16 Å². The van der Waals surface area contributed by atoms with Crippen molar-refractivity contribution in [3.05, 3.63) is 24.6 Å². The SMILES string of the molecule is NC(=NO)N1C=Cc2ncnn2C=C1. The first-order valence-electron chi connectivity index (χ1n) is 3.83. The van der Waals surface area contributed by atoms with Crippen LogP contribution in [0.25, 0.3) is 12.3 Å². The summed E-state index contributed by atoms with van der Waals surface area (Å²) in [5.74, 6) is 0.651. The van der Waals surface area contributed by atoms with Gasteiger partial charge in [-0.3, -0.25) is 4.90 Å². The van der Waals surface area contributed by atoms with E-state index in [2.05, 4.69) is 15.2 Å². The lowest BCUT2D eigenvalue weighted by molar-refractivity contribution is 0.312. The molecule has 0 spiro atoms. The second-order valence-corrected chi connectivity index (χ2v) is 2.54. The van der Waals surface area contributed by atoms with Crippen LogP contribution >= 0.6 is 0 Å². The number of fused-ring (bicyclic) bond motifs is 1. The van der Waals surface area contributed by atoms with Gasteiger partial charge in [-0.05, 0) is 6.08 Å². The summed E-state index contributed by atoms with van der Waals surface area (Å²) < 4.78 is 1.57. The van der Waals surface area contributed by atoms with Gasteiger partial charge in [0.05, 0.1) is 0 Å². The molecule has 0 bridgehead atoms. The zero-order chi connectivity index (χ0) is 9.97. The summed E-state index contributed by atoms with van der Waals surface area (Å²) in [6.45, 7) is 0. The van der Waals surface area contributed by atoms with E-state index in [1.165, 1.54) is 11.2 Å². The first-order valence-corrected chi connectivity index (χ1v) is 3.83. The van der Waals surface area contributed by atoms with Gasteiger partial charge in [0, 0.05) is 18.6 Å². The fourth-order valence-corrected chi connectivity index (χ4v) is 1.03. The van der Waals surface area contributed by atoms with E-state index >= 15 is 0 Å². The largest absolute Gasteiger partial charge is 0.408 e. The fraction of sp³-hybridized carbons (Fsp3) is 0. The van der Waals surface area contributed by atoms with Crippen LogP contribution in [-0.4, -0.2) is 30.8 Å². The maximum Gasteiger partial charge on any atom is 0.241 e. The number of hydrogen-bond donors (Lipinski definition) is 2. The third-order valence-corrected chi connectivity index (χ3v) is 1.72. The van der Waals surface area contributed by atoms with Crippen molar-refractivity contribution >= 4 is 18.2 Å². The fourth-order valence-electron chi connectivity index (χ4n) is 1.03. The molecule has 72 valence electrons. The van der Waals surface area contributed by atoms with Crippen molar-refractivity contribution in [2.75, 3.05) is 0 Å². The summed E-state index contributed by atoms with van der Waals surface area (Å²) in [5, 5.41) is 15.3. The monoisotopic (exact) mass is 192 g/mol. The minimum Gasteiger partial charge on any atom is -0.408 e. The van der Waals surface area contributed by atoms with Crippen molar-refractivity contribution in [2.24, 2.45) is 10.9 Å². The summed E-state index contributed by atoms with van der Waals surface area (Å²) in [6, 6.07) is 0. The Bertz CT molecular complexity index is 389. The van der Waals surface area contributed by atoms with E-state index in [-0.39, 0.29) is 5.96 Å². The number of oxime groups is 1. The van der Waals surface area contributed by atoms with E-state index in [1.807, 2.05) is 0 Å². The molecule has 14 heavy (non-hydrogen) atoms. The number of hydrogen-bond acceptors (Lipinski definition) is 4. The molecule has 0 saturated heterocycles. The van der Waals surface area contributed by atoms with Crippen molar-refractivity contribution in [1.82, 2.24) is 19.7 Å². The molecule has 3 N–H and O–H groups in total. The molecule has 2 rings (SSSR count). The highest BCUT2D eigenvalue weighted by molar-refractivity contribution is 5.81. The minimum atomic E-state index is -0.0248. The zero-order valence-electron chi connectivity index (χ0n) is 7.15. The Kier molecular flexibility index (Phi) is 1.90. The van der Waals surface area contributed by atoms with Crippen LogP contribution in [0.4, 0.5) is 0 Å². The predicted molar refractivity (Wildman–Crippen MR) is 49.6 cm³/mol. The summed E-state index contributed by atoms with van der Waals surface area (Å²) >= 11 is 0. The van der Waals surface area contributed by atoms with Crippen LogP contribution in [0, 0.1) is 0 Å². The van der Waals surface area contributed by atoms with Gasteiger partial charge in [-0.15, -0.1) is 0 Å². The number of nitrogens with two attached hydrogens (primary N) is 1. The van der Waals surface area contributed by atoms with Crippen molar-refractivity contribution < 1.29 is 5.21 Å². The van der Waals surface area contributed by atoms with E-state index in [0.717, 1.165) is 0 Å². The normalized spacial score (nSPS) is 15.4. The lowest BCUT2D eigenvalue weighted by Gasteiger charge is -2.09. The molecule has 1 aliphatic heterocycles. The van der Waals surface area contributed by atoms with Crippen molar-refractivity contribution in [3.8, 4) is 0 Å². The van der Waals surface area contributed by atoms with Crippen LogP contribution in [0.3, 0.4) is 0 Å². The molecule has 7 nitrogen and oxygen atoms in total. The highest BCUT2D eigenvalue weighted by Crippen LogP contribution is 2.05. The van der Waals surface area contributed by atoms with E-state index in [4.69, 9.17) is 10.9 Å². The predicted octanol–water partition coefficient (Wildman–Crippen LogP) is -0.304. The van der Waals surface area contributed by atoms with Gasteiger partial charge in [0.25, 0.3) is 0 Å². The Morgan fingerprint density at radius 3 is 3.07 bits per heavy atom. The van der Waals surface area contributed by atoms with Gasteiger partial charge in [-0.25, -0.2) is 9.67 Å². The summed E-state index contributed by atoms with van der Waals surface area (Å²) in [6.07, 6.45) is 8.03. The van der Waals surface area contributed by atoms with Crippen molar-refractivity contribution in [3.63, 3.8) is 0 Å². The van der Waals surface area contributed by atoms with Crippen LogP contribution in [0.2, 0.25) is 0 Å². The maximum absolute atomic E-state index is 8.46. The number of rotatable bonds is 0. The van der Waals surface area contributed by atoms with Crippen LogP contribution in [0.15, 0.2) is 23.9 Å². The van der Waals surface area contributed by atoms with Gasteiger partial charge in [0.15, 0.2) is 5.82 Å². The van der Waals surface area contributed by atoms with Gasteiger partial charge in [0.2, 0.25) is 5.96 Å². The quantitative estimate of drug-likeness (QED) is 0.255. The lowest BCUT2D eigenvalue weighted by Crippen LogP contribution is -2.28. The second-order valence-electron chi connectivity index (χ2n) is 2.54. The molecule has 0 fully saturated rings. The molecule has 1 aliphatic rings. The molecule has 0 amide bonds. The topological polar surface area (TPSA) is 92.6 Å². The first-order chi connectivity index (χ1) is 6.81. The highest BCUT2D eigenvalue weighted by atomic mass is 16.4. The molecule has 1 aromatic heterocycles. The Balaban J connectivity index is 2.33. The molecule has 0 unspecified atom stereocenters. The molecular weight excluding hydrogens is 184 g/mol. The van der Waals surface area contributed by atoms with Crippen LogP contribution in [0.5, 0.6) is 0 Å². The van der Waals surface area contributed by atoms with E-state index in [9.17, 15) is 0 Å².